The summed E-state index contributed by atoms with van der Waals surface area (Å²) in [6, 6.07) is 0. The minimum absolute atomic E-state index is 0.493. The Morgan fingerprint density at radius 2 is 1.54 bits per heavy atom. The van der Waals surface area contributed by atoms with Crippen LogP contribution in [0.5, 0.6) is 0 Å². The Morgan fingerprint density at radius 1 is 1.00 bits per heavy atom. The summed E-state index contributed by atoms with van der Waals surface area (Å²) in [5.41, 5.74) is 7.10. The fourth-order valence-corrected chi connectivity index (χ4v) is 2.24. The van der Waals surface area contributed by atoms with Crippen molar-refractivity contribution in [2.45, 2.75) is 27.7 Å². The van der Waals surface area contributed by atoms with Gasteiger partial charge in [-0.05, 0) is 44.2 Å². The predicted octanol–water partition coefficient (Wildman–Crippen LogP) is 0.655. The highest BCUT2D eigenvalue weighted by atomic mass is 32.1. The lowest BCUT2D eigenvalue weighted by molar-refractivity contribution is 0.0389. The van der Waals surface area contributed by atoms with Gasteiger partial charge in [-0.1, -0.05) is 13.8 Å². The molecule has 0 bridgehead atoms. The van der Waals surface area contributed by atoms with E-state index in [1.54, 1.807) is 0 Å². The van der Waals surface area contributed by atoms with Crippen LogP contribution in [-0.4, -0.2) is 72.5 Å². The molecule has 1 rings (SSSR count). The van der Waals surface area contributed by atoms with Crippen LogP contribution in [0, 0.1) is 5.92 Å². The Bertz CT molecular complexity index is 517. The van der Waals surface area contributed by atoms with Crippen LogP contribution in [0.2, 0.25) is 0 Å². The van der Waals surface area contributed by atoms with Crippen LogP contribution in [0.4, 0.5) is 0 Å². The number of rotatable bonds is 8. The van der Waals surface area contributed by atoms with Gasteiger partial charge in [0.25, 0.3) is 0 Å². The second-order valence-electron chi connectivity index (χ2n) is 6.43. The molecular formula is C16H31N7OS2. The number of hydrogen-bond donors (Lipinski definition) is 4. The van der Waals surface area contributed by atoms with Crippen LogP contribution in [0.1, 0.15) is 27.7 Å². The summed E-state index contributed by atoms with van der Waals surface area (Å²) in [6.45, 7) is 14.0. The maximum atomic E-state index is 5.33. The number of nitrogens with zero attached hydrogens (tertiary/aromatic N) is 3. The Morgan fingerprint density at radius 3 is 2.08 bits per heavy atom. The normalized spacial score (nSPS) is 16.3. The summed E-state index contributed by atoms with van der Waals surface area (Å²) in [5.74, 6) is 0.518. The lowest BCUT2D eigenvalue weighted by Gasteiger charge is -2.26. The topological polar surface area (TPSA) is 85.3 Å². The minimum atomic E-state index is 0.493. The van der Waals surface area contributed by atoms with Gasteiger partial charge in [-0.25, -0.2) is 0 Å². The number of morpholine rings is 1. The first-order chi connectivity index (χ1) is 12.4. The molecule has 1 heterocycles. The fraction of sp³-hybridized carbons (Fsp3) is 0.750. The first-order valence-electron chi connectivity index (χ1n) is 8.85. The summed E-state index contributed by atoms with van der Waals surface area (Å²) in [6.07, 6.45) is 0. The van der Waals surface area contributed by atoms with Crippen LogP contribution in [0.15, 0.2) is 10.2 Å². The van der Waals surface area contributed by atoms with Gasteiger partial charge in [-0.2, -0.15) is 10.2 Å². The minimum Gasteiger partial charge on any atom is -0.379 e. The fourth-order valence-electron chi connectivity index (χ4n) is 1.96. The van der Waals surface area contributed by atoms with Gasteiger partial charge in [0.05, 0.1) is 24.6 Å². The average Bonchev–Trinajstić information content (AvgIpc) is 2.63. The van der Waals surface area contributed by atoms with E-state index in [0.29, 0.717) is 16.1 Å². The van der Waals surface area contributed by atoms with Crippen molar-refractivity contribution in [1.82, 2.24) is 26.4 Å². The van der Waals surface area contributed by atoms with Crippen molar-refractivity contribution in [3.05, 3.63) is 0 Å². The van der Waals surface area contributed by atoms with Crippen molar-refractivity contribution in [1.29, 1.82) is 0 Å². The summed E-state index contributed by atoms with van der Waals surface area (Å²) in [7, 11) is 0. The smallest absolute Gasteiger partial charge is 0.187 e. The van der Waals surface area contributed by atoms with Crippen LogP contribution in [0.25, 0.3) is 0 Å². The summed E-state index contributed by atoms with van der Waals surface area (Å²) < 4.78 is 5.33. The highest BCUT2D eigenvalue weighted by Gasteiger charge is 2.09. The van der Waals surface area contributed by atoms with E-state index in [1.165, 1.54) is 0 Å². The highest BCUT2D eigenvalue weighted by Crippen LogP contribution is 1.94. The van der Waals surface area contributed by atoms with E-state index in [4.69, 9.17) is 29.2 Å². The van der Waals surface area contributed by atoms with Gasteiger partial charge >= 0.3 is 0 Å². The number of hydrazone groups is 2. The third-order valence-corrected chi connectivity index (χ3v) is 4.13. The number of hydrogen-bond acceptors (Lipinski definition) is 6. The van der Waals surface area contributed by atoms with Crippen molar-refractivity contribution in [3.8, 4) is 0 Å². The van der Waals surface area contributed by atoms with Crippen molar-refractivity contribution in [2.75, 3.05) is 45.9 Å². The van der Waals surface area contributed by atoms with Crippen molar-refractivity contribution < 1.29 is 4.74 Å². The van der Waals surface area contributed by atoms with Crippen molar-refractivity contribution >= 4 is 46.1 Å². The predicted molar refractivity (Wildman–Crippen MR) is 116 cm³/mol. The molecule has 0 aromatic rings. The molecule has 0 saturated carbocycles. The third kappa shape index (κ3) is 10.6. The molecule has 1 aliphatic rings. The zero-order chi connectivity index (χ0) is 19.4. The SMILES string of the molecule is CC(=N\NC(=S)NCCN1CCOCC1)/C(C)=N/NC(=S)NCC(C)C. The van der Waals surface area contributed by atoms with Crippen LogP contribution < -0.4 is 21.5 Å². The summed E-state index contributed by atoms with van der Waals surface area (Å²) in [5, 5.41) is 15.7. The number of ether oxygens (including phenoxy) is 1. The molecule has 0 amide bonds. The van der Waals surface area contributed by atoms with Gasteiger partial charge in [0.15, 0.2) is 10.2 Å². The molecule has 0 atom stereocenters. The second-order valence-corrected chi connectivity index (χ2v) is 7.25. The van der Waals surface area contributed by atoms with Crippen molar-refractivity contribution in [2.24, 2.45) is 16.1 Å². The summed E-state index contributed by atoms with van der Waals surface area (Å²) in [4.78, 5) is 2.34. The van der Waals surface area contributed by atoms with Gasteiger partial charge in [0, 0.05) is 32.7 Å². The van der Waals surface area contributed by atoms with E-state index >= 15 is 0 Å². The molecule has 8 nitrogen and oxygen atoms in total. The maximum Gasteiger partial charge on any atom is 0.187 e. The van der Waals surface area contributed by atoms with E-state index < -0.39 is 0 Å². The van der Waals surface area contributed by atoms with E-state index in [9.17, 15) is 0 Å². The van der Waals surface area contributed by atoms with Gasteiger partial charge in [0.2, 0.25) is 0 Å². The van der Waals surface area contributed by atoms with E-state index in [-0.39, 0.29) is 0 Å². The third-order valence-electron chi connectivity index (χ3n) is 3.66. The molecule has 0 unspecified atom stereocenters. The van der Waals surface area contributed by atoms with Gasteiger partial charge in [0.1, 0.15) is 0 Å². The monoisotopic (exact) mass is 401 g/mol. The van der Waals surface area contributed by atoms with E-state index in [1.807, 2.05) is 13.8 Å². The zero-order valence-corrected chi connectivity index (χ0v) is 17.7. The number of thiocarbonyl (C=S) groups is 2. The van der Waals surface area contributed by atoms with Gasteiger partial charge in [-0.15, -0.1) is 0 Å². The Labute approximate surface area is 167 Å². The molecule has 0 aromatic heterocycles. The molecule has 1 aliphatic heterocycles. The Balaban J connectivity index is 2.25. The molecule has 10 heteroatoms. The summed E-state index contributed by atoms with van der Waals surface area (Å²) >= 11 is 10.4. The van der Waals surface area contributed by atoms with Crippen LogP contribution in [0.3, 0.4) is 0 Å². The van der Waals surface area contributed by atoms with Crippen LogP contribution in [-0.2, 0) is 4.74 Å². The molecule has 148 valence electrons. The molecule has 0 spiro atoms. The zero-order valence-electron chi connectivity index (χ0n) is 16.1. The molecule has 1 saturated heterocycles. The Hall–Kier alpha value is -1.36. The molecule has 26 heavy (non-hydrogen) atoms. The second kappa shape index (κ2) is 12.9. The van der Waals surface area contributed by atoms with Crippen molar-refractivity contribution in [3.63, 3.8) is 0 Å². The first-order valence-corrected chi connectivity index (χ1v) is 9.67. The molecule has 0 radical (unpaired) electrons. The van der Waals surface area contributed by atoms with Gasteiger partial charge < -0.3 is 15.4 Å². The largest absolute Gasteiger partial charge is 0.379 e. The first kappa shape index (κ1) is 22.7. The molecule has 0 aromatic carbocycles. The molecular weight excluding hydrogens is 370 g/mol. The average molecular weight is 402 g/mol. The lowest BCUT2D eigenvalue weighted by Crippen LogP contribution is -2.43. The lowest BCUT2D eigenvalue weighted by atomic mass is 10.2. The molecule has 0 aliphatic carbocycles. The quantitative estimate of drug-likeness (QED) is 0.268. The molecule has 1 fully saturated rings. The van der Waals surface area contributed by atoms with Gasteiger partial charge in [-0.3, -0.25) is 15.8 Å². The van der Waals surface area contributed by atoms with E-state index in [2.05, 4.69) is 50.4 Å². The van der Waals surface area contributed by atoms with E-state index in [0.717, 1.165) is 57.4 Å². The molecule has 4 N–H and O–H groups in total. The maximum absolute atomic E-state index is 5.33. The standard InChI is InChI=1S/C16H31N7OS2/c1-12(2)11-18-16(26)22-20-14(4)13(3)19-21-15(25)17-5-6-23-7-9-24-10-8-23/h12H,5-11H2,1-4H3,(H2,17,21,25)(H2,18,22,26)/b19-13+,20-14+. The number of nitrogens with one attached hydrogen (secondary N) is 4. The highest BCUT2D eigenvalue weighted by molar-refractivity contribution is 7.80. The Kier molecular flexibility index (Phi) is 11.3. The van der Waals surface area contributed by atoms with Crippen LogP contribution >= 0.6 is 24.4 Å².